The number of carbonyl (C=O) groups is 1. The van der Waals surface area contributed by atoms with Gasteiger partial charge in [0.1, 0.15) is 5.60 Å². The van der Waals surface area contributed by atoms with Crippen LogP contribution in [-0.2, 0) is 9.47 Å². The number of carbonyl (C=O) groups excluding carboxylic acids is 1. The van der Waals surface area contributed by atoms with Crippen molar-refractivity contribution in [3.05, 3.63) is 0 Å². The predicted molar refractivity (Wildman–Crippen MR) is 89.0 cm³/mol. The van der Waals surface area contributed by atoms with Gasteiger partial charge in [-0.2, -0.15) is 0 Å². The average Bonchev–Trinajstić information content (AvgIpc) is 2.37. The molecule has 1 amide bonds. The van der Waals surface area contributed by atoms with Crippen LogP contribution in [0.25, 0.3) is 0 Å². The molecule has 0 aromatic carbocycles. The Kier molecular flexibility index (Phi) is 6.54. The van der Waals surface area contributed by atoms with E-state index >= 15 is 0 Å². The highest BCUT2D eigenvalue weighted by Gasteiger charge is 2.38. The molecule has 1 unspecified atom stereocenters. The number of halogens is 1. The third-order valence-electron chi connectivity index (χ3n) is 3.94. The predicted octanol–water partition coefficient (Wildman–Crippen LogP) is 4.21. The molecule has 0 bridgehead atoms. The van der Waals surface area contributed by atoms with Gasteiger partial charge < -0.3 is 14.4 Å². The highest BCUT2D eigenvalue weighted by Crippen LogP contribution is 2.31. The third kappa shape index (κ3) is 5.78. The molecule has 1 rings (SSSR count). The lowest BCUT2D eigenvalue weighted by Gasteiger charge is -2.43. The smallest absolute Gasteiger partial charge is 0.410 e. The van der Waals surface area contributed by atoms with E-state index in [1.807, 2.05) is 20.8 Å². The summed E-state index contributed by atoms with van der Waals surface area (Å²) in [6.45, 7) is 13.5. The molecule has 0 N–H and O–H groups in total. The van der Waals surface area contributed by atoms with E-state index in [-0.39, 0.29) is 17.8 Å². The van der Waals surface area contributed by atoms with Crippen molar-refractivity contribution in [1.29, 1.82) is 0 Å². The van der Waals surface area contributed by atoms with Crippen LogP contribution in [0.15, 0.2) is 0 Å². The summed E-state index contributed by atoms with van der Waals surface area (Å²) in [4.78, 5) is 13.9. The van der Waals surface area contributed by atoms with Crippen molar-refractivity contribution in [2.75, 3.05) is 18.4 Å². The van der Waals surface area contributed by atoms with E-state index in [0.29, 0.717) is 19.0 Å². The number of hydrogen-bond donors (Lipinski definition) is 0. The van der Waals surface area contributed by atoms with E-state index in [9.17, 15) is 4.79 Å². The second-order valence-electron chi connectivity index (χ2n) is 7.35. The number of rotatable bonds is 4. The number of amides is 1. The number of ether oxygens (including phenoxy) is 2. The van der Waals surface area contributed by atoms with E-state index in [0.717, 1.165) is 18.2 Å². The first kappa shape index (κ1) is 18.8. The maximum atomic E-state index is 12.1. The summed E-state index contributed by atoms with van der Waals surface area (Å²) >= 11 is 3.59. The van der Waals surface area contributed by atoms with E-state index in [1.165, 1.54) is 0 Å². The molecule has 1 atom stereocenters. The summed E-state index contributed by atoms with van der Waals surface area (Å²) in [7, 11) is 0. The zero-order chi connectivity index (χ0) is 16.3. The van der Waals surface area contributed by atoms with Crippen LogP contribution in [0.4, 0.5) is 4.79 Å². The Morgan fingerprint density at radius 2 is 1.76 bits per heavy atom. The van der Waals surface area contributed by atoms with E-state index in [4.69, 9.17) is 9.47 Å². The fraction of sp³-hybridized carbons (Fsp3) is 0.938. The minimum Gasteiger partial charge on any atom is -0.444 e. The Bertz CT molecular complexity index is 344. The molecule has 1 heterocycles. The molecule has 21 heavy (non-hydrogen) atoms. The van der Waals surface area contributed by atoms with Crippen molar-refractivity contribution in [3.63, 3.8) is 0 Å². The lowest BCUT2D eigenvalue weighted by molar-refractivity contribution is -0.115. The summed E-state index contributed by atoms with van der Waals surface area (Å²) < 4.78 is 11.7. The number of alkyl halides is 1. The van der Waals surface area contributed by atoms with Gasteiger partial charge in [-0.15, -0.1) is 0 Å². The molecule has 0 spiro atoms. The van der Waals surface area contributed by atoms with Gasteiger partial charge in [-0.25, -0.2) is 4.79 Å². The van der Waals surface area contributed by atoms with E-state index < -0.39 is 5.60 Å². The fourth-order valence-corrected chi connectivity index (χ4v) is 2.93. The fourth-order valence-electron chi connectivity index (χ4n) is 2.24. The lowest BCUT2D eigenvalue weighted by Crippen LogP contribution is -2.51. The van der Waals surface area contributed by atoms with Gasteiger partial charge in [-0.3, -0.25) is 0 Å². The van der Waals surface area contributed by atoms with Gasteiger partial charge in [0.05, 0.1) is 11.7 Å². The van der Waals surface area contributed by atoms with Crippen molar-refractivity contribution in [2.24, 2.45) is 5.92 Å². The van der Waals surface area contributed by atoms with Crippen LogP contribution in [0.3, 0.4) is 0 Å². The second-order valence-corrected chi connectivity index (χ2v) is 7.91. The van der Waals surface area contributed by atoms with Crippen LogP contribution in [0.1, 0.15) is 54.4 Å². The lowest BCUT2D eigenvalue weighted by atomic mass is 9.92. The highest BCUT2D eigenvalue weighted by molar-refractivity contribution is 9.09. The topological polar surface area (TPSA) is 38.8 Å². The van der Waals surface area contributed by atoms with Crippen molar-refractivity contribution < 1.29 is 14.3 Å². The first-order chi connectivity index (χ1) is 9.58. The summed E-state index contributed by atoms with van der Waals surface area (Å²) in [5.41, 5.74) is -0.605. The molecule has 0 radical (unpaired) electrons. The Morgan fingerprint density at radius 3 is 2.14 bits per heavy atom. The van der Waals surface area contributed by atoms with Crippen molar-refractivity contribution in [3.8, 4) is 0 Å². The van der Waals surface area contributed by atoms with Gasteiger partial charge in [0, 0.05) is 18.4 Å². The van der Waals surface area contributed by atoms with Gasteiger partial charge in [0.25, 0.3) is 0 Å². The van der Waals surface area contributed by atoms with Gasteiger partial charge in [-0.1, -0.05) is 29.8 Å². The molecule has 0 aliphatic carbocycles. The minimum atomic E-state index is -0.441. The summed E-state index contributed by atoms with van der Waals surface area (Å²) in [6, 6.07) is 0. The molecule has 124 valence electrons. The molecule has 1 fully saturated rings. The molecule has 5 heteroatoms. The molecule has 0 saturated carbocycles. The zero-order valence-corrected chi connectivity index (χ0v) is 15.8. The third-order valence-corrected chi connectivity index (χ3v) is 4.97. The molecule has 4 nitrogen and oxygen atoms in total. The highest BCUT2D eigenvalue weighted by atomic mass is 79.9. The average molecular weight is 364 g/mol. The molecule has 0 aromatic heterocycles. The van der Waals surface area contributed by atoms with Gasteiger partial charge in [-0.05, 0) is 46.5 Å². The molecule has 1 aliphatic heterocycles. The van der Waals surface area contributed by atoms with Crippen LogP contribution in [0.5, 0.6) is 0 Å². The van der Waals surface area contributed by atoms with E-state index in [2.05, 4.69) is 36.7 Å². The summed E-state index contributed by atoms with van der Waals surface area (Å²) in [6.07, 6.45) is 1.68. The molecule has 1 aliphatic rings. The number of piperidine rings is 1. The Balaban J connectivity index is 2.58. The molecule has 0 aromatic rings. The molecular weight excluding hydrogens is 334 g/mol. The first-order valence-electron chi connectivity index (χ1n) is 7.80. The summed E-state index contributed by atoms with van der Waals surface area (Å²) in [5, 5.41) is 0.805. The van der Waals surface area contributed by atoms with Gasteiger partial charge in [0.2, 0.25) is 0 Å². The maximum Gasteiger partial charge on any atom is 0.410 e. The largest absolute Gasteiger partial charge is 0.444 e. The van der Waals surface area contributed by atoms with Crippen LogP contribution in [0.2, 0.25) is 0 Å². The maximum absolute atomic E-state index is 12.1. The van der Waals surface area contributed by atoms with Gasteiger partial charge in [0.15, 0.2) is 0 Å². The molecular formula is C16H30BrNO3. The van der Waals surface area contributed by atoms with Crippen molar-refractivity contribution >= 4 is 22.0 Å². The van der Waals surface area contributed by atoms with Gasteiger partial charge >= 0.3 is 6.09 Å². The number of hydrogen-bond acceptors (Lipinski definition) is 3. The van der Waals surface area contributed by atoms with Crippen LogP contribution in [0, 0.1) is 5.92 Å². The minimum absolute atomic E-state index is 0.164. The van der Waals surface area contributed by atoms with Crippen LogP contribution in [-0.4, -0.2) is 46.7 Å². The Hall–Kier alpha value is -0.290. The van der Waals surface area contributed by atoms with Crippen molar-refractivity contribution in [2.45, 2.75) is 71.7 Å². The normalized spacial score (nSPS) is 20.5. The molecule has 1 saturated heterocycles. The Labute approximate surface area is 137 Å². The Morgan fingerprint density at radius 1 is 1.24 bits per heavy atom. The number of nitrogens with zero attached hydrogens (tertiary/aromatic N) is 1. The standard InChI is InChI=1S/C16H30BrNO3/c1-12(2)13(3)20-16(11-17)7-9-18(10-8-16)14(19)21-15(4,5)6/h12-13H,7-11H2,1-6H3. The summed E-state index contributed by atoms with van der Waals surface area (Å²) in [5.74, 6) is 0.491. The first-order valence-corrected chi connectivity index (χ1v) is 8.92. The van der Waals surface area contributed by atoms with Crippen LogP contribution < -0.4 is 0 Å². The van der Waals surface area contributed by atoms with E-state index in [1.54, 1.807) is 4.90 Å². The SMILES string of the molecule is CC(C)C(C)OC1(CBr)CCN(C(=O)OC(C)(C)C)CC1. The van der Waals surface area contributed by atoms with Crippen LogP contribution >= 0.6 is 15.9 Å². The zero-order valence-electron chi connectivity index (χ0n) is 14.2. The quantitative estimate of drug-likeness (QED) is 0.702. The second kappa shape index (κ2) is 7.32. The monoisotopic (exact) mass is 363 g/mol. The van der Waals surface area contributed by atoms with Crippen molar-refractivity contribution in [1.82, 2.24) is 4.90 Å². The number of likely N-dealkylation sites (tertiary alicyclic amines) is 1.